The van der Waals surface area contributed by atoms with Crippen LogP contribution in [-0.2, 0) is 4.84 Å². The van der Waals surface area contributed by atoms with Crippen LogP contribution >= 0.6 is 0 Å². The van der Waals surface area contributed by atoms with Gasteiger partial charge in [0.25, 0.3) is 0 Å². The average Bonchev–Trinajstić information content (AvgIpc) is 2.93. The Labute approximate surface area is 84.9 Å². The third-order valence-electron chi connectivity index (χ3n) is 3.50. The second kappa shape index (κ2) is 3.54. The molecule has 0 aromatic carbocycles. The first kappa shape index (κ1) is 8.72. The van der Waals surface area contributed by atoms with Crippen molar-refractivity contribution in [3.63, 3.8) is 0 Å². The predicted molar refractivity (Wildman–Crippen MR) is 55.3 cm³/mol. The predicted octanol–water partition coefficient (Wildman–Crippen LogP) is 1.68. The average molecular weight is 194 g/mol. The zero-order valence-electron chi connectivity index (χ0n) is 8.54. The van der Waals surface area contributed by atoms with E-state index in [9.17, 15) is 0 Å². The number of piperidine rings is 1. The summed E-state index contributed by atoms with van der Waals surface area (Å²) in [7, 11) is 0. The summed E-state index contributed by atoms with van der Waals surface area (Å²) in [5.41, 5.74) is 1.29. The lowest BCUT2D eigenvalue weighted by Gasteiger charge is -2.21. The lowest BCUT2D eigenvalue weighted by Crippen LogP contribution is -2.38. The molecule has 2 unspecified atom stereocenters. The first-order valence-electron chi connectivity index (χ1n) is 5.84. The van der Waals surface area contributed by atoms with Crippen molar-refractivity contribution < 1.29 is 4.84 Å². The van der Waals surface area contributed by atoms with Crippen LogP contribution in [0.15, 0.2) is 5.16 Å². The highest BCUT2D eigenvalue weighted by Gasteiger charge is 2.31. The van der Waals surface area contributed by atoms with E-state index >= 15 is 0 Å². The zero-order chi connectivity index (χ0) is 9.38. The topological polar surface area (TPSA) is 33.6 Å². The third-order valence-corrected chi connectivity index (χ3v) is 3.50. The fourth-order valence-corrected chi connectivity index (χ4v) is 2.47. The van der Waals surface area contributed by atoms with Gasteiger partial charge in [0.2, 0.25) is 0 Å². The number of oxime groups is 1. The highest BCUT2D eigenvalue weighted by atomic mass is 16.6. The van der Waals surface area contributed by atoms with Gasteiger partial charge in [-0.1, -0.05) is 5.16 Å². The molecular weight excluding hydrogens is 176 g/mol. The number of hydrogen-bond acceptors (Lipinski definition) is 3. The minimum atomic E-state index is 0.692. The van der Waals surface area contributed by atoms with Crippen molar-refractivity contribution in [2.75, 3.05) is 6.61 Å². The quantitative estimate of drug-likeness (QED) is 0.693. The standard InChI is InChI=1S/C11H18N2O/c1-2-8(1)7-14-13-11-5-9-3-4-10(6-11)12-9/h8-10,12H,1-7H2. The fraction of sp³-hybridized carbons (Fsp3) is 0.909. The van der Waals surface area contributed by atoms with E-state index in [1.54, 1.807) is 0 Å². The molecule has 14 heavy (non-hydrogen) atoms. The van der Waals surface area contributed by atoms with Crippen molar-refractivity contribution >= 4 is 5.71 Å². The maximum Gasteiger partial charge on any atom is 0.120 e. The summed E-state index contributed by atoms with van der Waals surface area (Å²) in [6.45, 7) is 0.853. The van der Waals surface area contributed by atoms with Crippen molar-refractivity contribution in [3.8, 4) is 0 Å². The van der Waals surface area contributed by atoms with Crippen molar-refractivity contribution in [2.45, 2.75) is 50.6 Å². The first-order valence-corrected chi connectivity index (χ1v) is 5.84. The van der Waals surface area contributed by atoms with Gasteiger partial charge in [0.15, 0.2) is 0 Å². The van der Waals surface area contributed by atoms with E-state index in [0.717, 1.165) is 25.4 Å². The molecule has 3 fully saturated rings. The fourth-order valence-electron chi connectivity index (χ4n) is 2.47. The molecule has 3 nitrogen and oxygen atoms in total. The van der Waals surface area contributed by atoms with E-state index in [4.69, 9.17) is 4.84 Å². The number of fused-ring (bicyclic) bond motifs is 2. The summed E-state index contributed by atoms with van der Waals surface area (Å²) < 4.78 is 0. The summed E-state index contributed by atoms with van der Waals surface area (Å²) in [5.74, 6) is 0.817. The number of nitrogens with one attached hydrogen (secondary N) is 1. The third kappa shape index (κ3) is 1.92. The van der Waals surface area contributed by atoms with Crippen LogP contribution in [0.25, 0.3) is 0 Å². The SMILES string of the molecule is C1CC1CON=C1CC2CCC(C1)N2. The van der Waals surface area contributed by atoms with Crippen molar-refractivity contribution in [1.82, 2.24) is 5.32 Å². The summed E-state index contributed by atoms with van der Waals surface area (Å²) in [4.78, 5) is 5.38. The number of nitrogens with zero attached hydrogens (tertiary/aromatic N) is 1. The van der Waals surface area contributed by atoms with Crippen LogP contribution < -0.4 is 5.32 Å². The van der Waals surface area contributed by atoms with E-state index in [2.05, 4.69) is 10.5 Å². The van der Waals surface area contributed by atoms with E-state index in [-0.39, 0.29) is 0 Å². The number of rotatable bonds is 3. The maximum absolute atomic E-state index is 5.38. The molecule has 2 bridgehead atoms. The summed E-state index contributed by atoms with van der Waals surface area (Å²) in [6, 6.07) is 1.38. The van der Waals surface area contributed by atoms with Gasteiger partial charge >= 0.3 is 0 Å². The molecule has 1 saturated carbocycles. The van der Waals surface area contributed by atoms with Crippen molar-refractivity contribution in [2.24, 2.45) is 11.1 Å². The Kier molecular flexibility index (Phi) is 2.20. The summed E-state index contributed by atoms with van der Waals surface area (Å²) in [6.07, 6.45) is 7.57. The molecule has 2 heterocycles. The van der Waals surface area contributed by atoms with Gasteiger partial charge in [0.05, 0.1) is 5.71 Å². The number of hydrogen-bond donors (Lipinski definition) is 1. The van der Waals surface area contributed by atoms with Crippen LogP contribution in [0.4, 0.5) is 0 Å². The molecule has 2 atom stereocenters. The van der Waals surface area contributed by atoms with Crippen molar-refractivity contribution in [1.29, 1.82) is 0 Å². The lowest BCUT2D eigenvalue weighted by atomic mass is 10.0. The van der Waals surface area contributed by atoms with Crippen molar-refractivity contribution in [3.05, 3.63) is 0 Å². The second-order valence-electron chi connectivity index (χ2n) is 4.94. The van der Waals surface area contributed by atoms with E-state index in [0.29, 0.717) is 12.1 Å². The van der Waals surface area contributed by atoms with Crippen LogP contribution in [-0.4, -0.2) is 24.4 Å². The monoisotopic (exact) mass is 194 g/mol. The molecule has 0 aromatic heterocycles. The molecule has 0 aromatic rings. The molecule has 1 N–H and O–H groups in total. The Bertz CT molecular complexity index is 234. The van der Waals surface area contributed by atoms with Crippen LogP contribution in [0.2, 0.25) is 0 Å². The largest absolute Gasteiger partial charge is 0.396 e. The highest BCUT2D eigenvalue weighted by Crippen LogP contribution is 2.29. The molecule has 0 radical (unpaired) electrons. The molecule has 2 saturated heterocycles. The second-order valence-corrected chi connectivity index (χ2v) is 4.94. The molecule has 3 aliphatic rings. The van der Waals surface area contributed by atoms with E-state index < -0.39 is 0 Å². The van der Waals surface area contributed by atoms with Gasteiger partial charge in [-0.25, -0.2) is 0 Å². The Morgan fingerprint density at radius 2 is 1.86 bits per heavy atom. The Balaban J connectivity index is 1.51. The molecule has 3 rings (SSSR count). The lowest BCUT2D eigenvalue weighted by molar-refractivity contribution is 0.132. The smallest absolute Gasteiger partial charge is 0.120 e. The summed E-state index contributed by atoms with van der Waals surface area (Å²) >= 11 is 0. The van der Waals surface area contributed by atoms with Crippen LogP contribution in [0.5, 0.6) is 0 Å². The first-order chi connectivity index (χ1) is 6.90. The molecule has 3 heteroatoms. The van der Waals surface area contributed by atoms with Gasteiger partial charge in [0, 0.05) is 24.9 Å². The minimum absolute atomic E-state index is 0.692. The van der Waals surface area contributed by atoms with Crippen LogP contribution in [0.1, 0.15) is 38.5 Å². The molecule has 1 aliphatic carbocycles. The van der Waals surface area contributed by atoms with Crippen LogP contribution in [0, 0.1) is 5.92 Å². The molecule has 2 aliphatic heterocycles. The van der Waals surface area contributed by atoms with Gasteiger partial charge in [-0.2, -0.15) is 0 Å². The molecule has 78 valence electrons. The zero-order valence-corrected chi connectivity index (χ0v) is 8.54. The Morgan fingerprint density at radius 1 is 1.14 bits per heavy atom. The molecular formula is C11H18N2O. The van der Waals surface area contributed by atoms with Gasteiger partial charge < -0.3 is 10.2 Å². The Morgan fingerprint density at radius 3 is 2.50 bits per heavy atom. The summed E-state index contributed by atoms with van der Waals surface area (Å²) in [5, 5.41) is 7.88. The van der Waals surface area contributed by atoms with E-state index in [1.165, 1.54) is 31.4 Å². The van der Waals surface area contributed by atoms with Gasteiger partial charge in [0.1, 0.15) is 6.61 Å². The normalized spacial score (nSPS) is 35.9. The van der Waals surface area contributed by atoms with E-state index in [1.807, 2.05) is 0 Å². The molecule has 0 amide bonds. The van der Waals surface area contributed by atoms with Gasteiger partial charge in [-0.3, -0.25) is 0 Å². The van der Waals surface area contributed by atoms with Gasteiger partial charge in [-0.05, 0) is 31.6 Å². The maximum atomic E-state index is 5.38. The van der Waals surface area contributed by atoms with Gasteiger partial charge in [-0.15, -0.1) is 0 Å². The minimum Gasteiger partial charge on any atom is -0.396 e. The highest BCUT2D eigenvalue weighted by molar-refractivity contribution is 5.86. The van der Waals surface area contributed by atoms with Crippen LogP contribution in [0.3, 0.4) is 0 Å². The molecule has 0 spiro atoms. The Hall–Kier alpha value is -0.570.